The quantitative estimate of drug-likeness (QED) is 0.364. The summed E-state index contributed by atoms with van der Waals surface area (Å²) in [5.74, 6) is -4.51. The number of likely N-dealkylation sites (tertiary alicyclic amines) is 1. The first-order chi connectivity index (χ1) is 17.2. The number of ketones is 2. The van der Waals surface area contributed by atoms with Crippen molar-refractivity contribution in [3.63, 3.8) is 0 Å². The largest absolute Gasteiger partial charge is 0.507 e. The summed E-state index contributed by atoms with van der Waals surface area (Å²) in [7, 11) is 0. The van der Waals surface area contributed by atoms with Crippen LogP contribution in [0.5, 0.6) is 5.75 Å². The fourth-order valence-corrected chi connectivity index (χ4v) is 6.51. The van der Waals surface area contributed by atoms with Crippen LogP contribution in [-0.4, -0.2) is 39.4 Å². The van der Waals surface area contributed by atoms with Gasteiger partial charge in [-0.15, -0.1) is 0 Å². The van der Waals surface area contributed by atoms with E-state index in [1.165, 1.54) is 6.08 Å². The molecule has 3 N–H and O–H groups in total. The molecule has 3 aliphatic carbocycles. The predicted molar refractivity (Wildman–Crippen MR) is 128 cm³/mol. The molecule has 4 amide bonds. The highest BCUT2D eigenvalue weighted by Crippen LogP contribution is 2.56. The molecular formula is C28H22N2O6. The van der Waals surface area contributed by atoms with Gasteiger partial charge in [0.15, 0.2) is 11.6 Å². The number of amides is 4. The van der Waals surface area contributed by atoms with Gasteiger partial charge in [0, 0.05) is 28.0 Å². The number of nitrogens with zero attached hydrogens (tertiary/aromatic N) is 1. The highest BCUT2D eigenvalue weighted by Gasteiger charge is 2.57. The van der Waals surface area contributed by atoms with E-state index in [1.807, 2.05) is 18.2 Å². The molecule has 0 bridgehead atoms. The second kappa shape index (κ2) is 7.58. The Balaban J connectivity index is 1.60. The molecule has 36 heavy (non-hydrogen) atoms. The number of urea groups is 1. The van der Waals surface area contributed by atoms with Gasteiger partial charge in [-0.1, -0.05) is 42.0 Å². The molecule has 4 aliphatic rings. The van der Waals surface area contributed by atoms with E-state index in [0.29, 0.717) is 27.0 Å². The minimum absolute atomic E-state index is 0.0871. The number of phenolic OH excluding ortho intramolecular Hbond substituents is 1. The van der Waals surface area contributed by atoms with Gasteiger partial charge in [-0.2, -0.15) is 4.90 Å². The molecule has 1 saturated heterocycles. The Morgan fingerprint density at radius 3 is 2.44 bits per heavy atom. The van der Waals surface area contributed by atoms with E-state index in [-0.39, 0.29) is 30.2 Å². The van der Waals surface area contributed by atoms with E-state index in [0.717, 1.165) is 16.5 Å². The summed E-state index contributed by atoms with van der Waals surface area (Å²) in [6.07, 6.45) is 3.57. The number of Topliss-reactive ketones (excluding diaryl/α,β-unsaturated/α-hetero) is 1. The number of nitrogens with two attached hydrogens (primary N) is 1. The molecule has 0 aromatic heterocycles. The van der Waals surface area contributed by atoms with E-state index in [9.17, 15) is 29.1 Å². The van der Waals surface area contributed by atoms with Gasteiger partial charge in [-0.05, 0) is 48.8 Å². The number of primary amides is 1. The van der Waals surface area contributed by atoms with Crippen molar-refractivity contribution in [3.05, 3.63) is 76.4 Å². The third-order valence-electron chi connectivity index (χ3n) is 8.03. The zero-order valence-corrected chi connectivity index (χ0v) is 19.4. The predicted octanol–water partition coefficient (Wildman–Crippen LogP) is 3.05. The molecule has 8 nitrogen and oxygen atoms in total. The zero-order valence-electron chi connectivity index (χ0n) is 19.4. The van der Waals surface area contributed by atoms with Crippen molar-refractivity contribution >= 4 is 40.2 Å². The summed E-state index contributed by atoms with van der Waals surface area (Å²) in [4.78, 5) is 65.3. The molecule has 0 unspecified atom stereocenters. The first-order valence-electron chi connectivity index (χ1n) is 11.8. The number of aromatic hydroxyl groups is 1. The number of carbonyl (C=O) groups excluding carboxylic acids is 5. The van der Waals surface area contributed by atoms with Crippen LogP contribution in [0.3, 0.4) is 0 Å². The summed E-state index contributed by atoms with van der Waals surface area (Å²) in [5, 5.41) is 11.8. The Labute approximate surface area is 205 Å². The molecule has 0 spiro atoms. The molecule has 6 rings (SSSR count). The Hall–Kier alpha value is -4.33. The van der Waals surface area contributed by atoms with Crippen molar-refractivity contribution in [1.82, 2.24) is 4.90 Å². The van der Waals surface area contributed by atoms with E-state index in [2.05, 4.69) is 0 Å². The summed E-state index contributed by atoms with van der Waals surface area (Å²) in [6, 6.07) is 9.43. The van der Waals surface area contributed by atoms with Crippen LogP contribution in [0, 0.1) is 17.8 Å². The van der Waals surface area contributed by atoms with Gasteiger partial charge < -0.3 is 10.8 Å². The normalized spacial score (nSPS) is 27.5. The standard InChI is InChI=1S/C28H22N2O6/c1-12-10-21(32)24-19(25(12)33)11-18-16(6-7-17-23(18)27(35)30(26(17)34)28(29)36)22(24)15-8-9-20(31)14-5-3-2-4-13(14)15/h2-6,8-10,17-18,22-23,31H,7,11H2,1H3,(H2,29,36)/t17-,18+,22-,23-/m0/s1. The second-order valence-electron chi connectivity index (χ2n) is 9.80. The highest BCUT2D eigenvalue weighted by atomic mass is 16.3. The van der Waals surface area contributed by atoms with E-state index in [4.69, 9.17) is 5.73 Å². The average Bonchev–Trinajstić information content (AvgIpc) is 3.12. The summed E-state index contributed by atoms with van der Waals surface area (Å²) < 4.78 is 0. The monoisotopic (exact) mass is 482 g/mol. The van der Waals surface area contributed by atoms with Crippen molar-refractivity contribution in [2.75, 3.05) is 0 Å². The van der Waals surface area contributed by atoms with Gasteiger partial charge in [0.25, 0.3) is 0 Å². The van der Waals surface area contributed by atoms with Crippen molar-refractivity contribution in [2.45, 2.75) is 25.7 Å². The van der Waals surface area contributed by atoms with Crippen molar-refractivity contribution in [2.24, 2.45) is 23.5 Å². The van der Waals surface area contributed by atoms with Gasteiger partial charge in [0.2, 0.25) is 11.8 Å². The van der Waals surface area contributed by atoms with Crippen LogP contribution in [0.1, 0.15) is 31.2 Å². The van der Waals surface area contributed by atoms with E-state index >= 15 is 0 Å². The third-order valence-corrected chi connectivity index (χ3v) is 8.03. The number of allylic oxidation sites excluding steroid dienone is 6. The van der Waals surface area contributed by atoms with Gasteiger partial charge in [-0.3, -0.25) is 19.2 Å². The van der Waals surface area contributed by atoms with Crippen LogP contribution in [0.25, 0.3) is 10.8 Å². The minimum atomic E-state index is -1.11. The SMILES string of the molecule is CC1=CC(=O)C2=C(C[C@@H]3C(=CC[C@@H]4C(=O)N(C(N)=O)C(=O)[C@@H]43)[C@@H]2c2ccc(O)c3ccccc23)C1=O. The Kier molecular flexibility index (Phi) is 4.67. The molecule has 2 aromatic carbocycles. The number of carbonyl (C=O) groups is 5. The summed E-state index contributed by atoms with van der Waals surface area (Å²) in [5.41, 5.74) is 7.87. The maximum Gasteiger partial charge on any atom is 0.328 e. The van der Waals surface area contributed by atoms with Crippen molar-refractivity contribution in [1.29, 1.82) is 0 Å². The zero-order chi connectivity index (χ0) is 25.5. The lowest BCUT2D eigenvalue weighted by molar-refractivity contribution is -0.136. The van der Waals surface area contributed by atoms with Crippen LogP contribution >= 0.6 is 0 Å². The van der Waals surface area contributed by atoms with Gasteiger partial charge in [0.1, 0.15) is 5.75 Å². The molecule has 2 aromatic rings. The molecule has 0 radical (unpaired) electrons. The second-order valence-corrected chi connectivity index (χ2v) is 9.80. The number of imide groups is 3. The number of hydrogen-bond donors (Lipinski definition) is 2. The van der Waals surface area contributed by atoms with Crippen LogP contribution in [0.15, 0.2) is 70.8 Å². The number of fused-ring (bicyclic) bond motifs is 4. The van der Waals surface area contributed by atoms with Crippen molar-refractivity contribution < 1.29 is 29.1 Å². The molecule has 1 aliphatic heterocycles. The van der Waals surface area contributed by atoms with E-state index < -0.39 is 41.5 Å². The highest BCUT2D eigenvalue weighted by molar-refractivity contribution is 6.24. The van der Waals surface area contributed by atoms with Crippen molar-refractivity contribution in [3.8, 4) is 5.75 Å². The molecule has 1 fully saturated rings. The van der Waals surface area contributed by atoms with Gasteiger partial charge in [0.05, 0.1) is 11.8 Å². The molecule has 0 saturated carbocycles. The smallest absolute Gasteiger partial charge is 0.328 e. The van der Waals surface area contributed by atoms with Gasteiger partial charge >= 0.3 is 6.03 Å². The Morgan fingerprint density at radius 2 is 1.72 bits per heavy atom. The fourth-order valence-electron chi connectivity index (χ4n) is 6.51. The first kappa shape index (κ1) is 22.2. The Morgan fingerprint density at radius 1 is 1.00 bits per heavy atom. The Bertz CT molecular complexity index is 1540. The number of phenols is 1. The number of hydrogen-bond acceptors (Lipinski definition) is 6. The summed E-state index contributed by atoms with van der Waals surface area (Å²) in [6.45, 7) is 1.59. The number of rotatable bonds is 1. The average molecular weight is 482 g/mol. The van der Waals surface area contributed by atoms with Crippen LogP contribution in [0.2, 0.25) is 0 Å². The fraction of sp³-hybridized carbons (Fsp3) is 0.250. The van der Waals surface area contributed by atoms with Crippen LogP contribution < -0.4 is 5.73 Å². The lowest BCUT2D eigenvalue weighted by Crippen LogP contribution is -2.42. The molecule has 4 atom stereocenters. The lowest BCUT2D eigenvalue weighted by atomic mass is 9.59. The van der Waals surface area contributed by atoms with E-state index in [1.54, 1.807) is 31.2 Å². The van der Waals surface area contributed by atoms with Crippen LogP contribution in [0.4, 0.5) is 4.79 Å². The van der Waals surface area contributed by atoms with Gasteiger partial charge in [-0.25, -0.2) is 4.79 Å². The molecular weight excluding hydrogens is 460 g/mol. The molecule has 1 heterocycles. The summed E-state index contributed by atoms with van der Waals surface area (Å²) >= 11 is 0. The third kappa shape index (κ3) is 2.84. The molecule has 8 heteroatoms. The minimum Gasteiger partial charge on any atom is -0.507 e. The lowest BCUT2D eigenvalue weighted by Gasteiger charge is -2.42. The van der Waals surface area contributed by atoms with Crippen LogP contribution in [-0.2, 0) is 19.2 Å². The first-order valence-corrected chi connectivity index (χ1v) is 11.8. The maximum atomic E-state index is 13.4. The topological polar surface area (TPSA) is 135 Å². The maximum absolute atomic E-state index is 13.4. The molecule has 180 valence electrons. The number of benzene rings is 2.